The zero-order valence-corrected chi connectivity index (χ0v) is 24.2. The maximum absolute atomic E-state index is 13.4. The quantitative estimate of drug-likeness (QED) is 0.358. The van der Waals surface area contributed by atoms with Gasteiger partial charge in [0.2, 0.25) is 0 Å². The molecular weight excluding hydrogens is 569 g/mol. The fourth-order valence-electron chi connectivity index (χ4n) is 4.56. The Kier molecular flexibility index (Phi) is 8.41. The number of sulfonamides is 1. The first-order chi connectivity index (χ1) is 19.2. The van der Waals surface area contributed by atoms with Crippen molar-refractivity contribution >= 4 is 50.9 Å². The lowest BCUT2D eigenvalue weighted by Gasteiger charge is -2.33. The van der Waals surface area contributed by atoms with Crippen molar-refractivity contribution in [2.45, 2.75) is 10.8 Å². The molecule has 40 heavy (non-hydrogen) atoms. The molecule has 3 aromatic carbocycles. The lowest BCUT2D eigenvalue weighted by Crippen LogP contribution is -2.50. The van der Waals surface area contributed by atoms with Crippen molar-refractivity contribution in [2.24, 2.45) is 20.2 Å². The topological polar surface area (TPSA) is 107 Å². The highest BCUT2D eigenvalue weighted by Gasteiger charge is 2.33. The molecule has 2 heterocycles. The SMILES string of the molecule is CN1CCN(/C(N)=N/C(=N/S(=O)(=O)c2ccc(Cl)cc2)N2CC(c3ccccc3)C(c3ccc(Cl)cc3)=N2)CC1. The van der Waals surface area contributed by atoms with Crippen LogP contribution in [0.5, 0.6) is 0 Å². The summed E-state index contributed by atoms with van der Waals surface area (Å²) in [4.78, 5) is 8.65. The Labute approximate surface area is 244 Å². The van der Waals surface area contributed by atoms with Gasteiger partial charge in [0.1, 0.15) is 0 Å². The molecule has 0 saturated carbocycles. The van der Waals surface area contributed by atoms with Crippen LogP contribution in [0.4, 0.5) is 0 Å². The van der Waals surface area contributed by atoms with E-state index < -0.39 is 10.0 Å². The lowest BCUT2D eigenvalue weighted by atomic mass is 9.91. The third-order valence-electron chi connectivity index (χ3n) is 6.84. The number of hydrazone groups is 1. The van der Waals surface area contributed by atoms with Crippen LogP contribution in [0.25, 0.3) is 0 Å². The van der Waals surface area contributed by atoms with Gasteiger partial charge in [-0.1, -0.05) is 65.7 Å². The van der Waals surface area contributed by atoms with Crippen LogP contribution >= 0.6 is 23.2 Å². The zero-order valence-electron chi connectivity index (χ0n) is 21.9. The molecule has 1 atom stereocenters. The van der Waals surface area contributed by atoms with Crippen LogP contribution in [0.2, 0.25) is 10.0 Å². The predicted octanol–water partition coefficient (Wildman–Crippen LogP) is 4.10. The molecule has 1 saturated heterocycles. The maximum atomic E-state index is 13.4. The molecule has 208 valence electrons. The van der Waals surface area contributed by atoms with Crippen molar-refractivity contribution in [2.75, 3.05) is 39.8 Å². The van der Waals surface area contributed by atoms with E-state index in [2.05, 4.69) is 14.3 Å². The molecule has 2 N–H and O–H groups in total. The highest BCUT2D eigenvalue weighted by atomic mass is 35.5. The summed E-state index contributed by atoms with van der Waals surface area (Å²) in [6.45, 7) is 3.26. The first-order valence-electron chi connectivity index (χ1n) is 12.7. The summed E-state index contributed by atoms with van der Waals surface area (Å²) >= 11 is 12.1. The van der Waals surface area contributed by atoms with Crippen molar-refractivity contribution in [3.05, 3.63) is 100 Å². The van der Waals surface area contributed by atoms with E-state index in [0.29, 0.717) is 29.7 Å². The number of hydrogen-bond acceptors (Lipinski definition) is 4. The minimum atomic E-state index is -4.16. The van der Waals surface area contributed by atoms with Gasteiger partial charge < -0.3 is 15.5 Å². The van der Waals surface area contributed by atoms with Crippen molar-refractivity contribution in [3.8, 4) is 0 Å². The summed E-state index contributed by atoms with van der Waals surface area (Å²) in [6, 6.07) is 23.1. The van der Waals surface area contributed by atoms with Crippen LogP contribution < -0.4 is 5.73 Å². The highest BCUT2D eigenvalue weighted by molar-refractivity contribution is 7.90. The van der Waals surface area contributed by atoms with Crippen molar-refractivity contribution < 1.29 is 8.42 Å². The van der Waals surface area contributed by atoms with E-state index >= 15 is 0 Å². The molecule has 0 amide bonds. The van der Waals surface area contributed by atoms with E-state index in [4.69, 9.17) is 34.0 Å². The minimum absolute atomic E-state index is 0.0107. The Hall–Kier alpha value is -3.44. The normalized spacial score (nSPS) is 19.2. The summed E-state index contributed by atoms with van der Waals surface area (Å²) in [6.07, 6.45) is 0. The molecule has 9 nitrogen and oxygen atoms in total. The fourth-order valence-corrected chi connectivity index (χ4v) is 5.74. The van der Waals surface area contributed by atoms with Gasteiger partial charge in [-0.15, -0.1) is 4.40 Å². The number of hydrogen-bond donors (Lipinski definition) is 1. The molecule has 2 aliphatic rings. The number of rotatable bonds is 4. The van der Waals surface area contributed by atoms with E-state index in [-0.39, 0.29) is 22.7 Å². The summed E-state index contributed by atoms with van der Waals surface area (Å²) in [5.41, 5.74) is 9.05. The van der Waals surface area contributed by atoms with Crippen molar-refractivity contribution in [3.63, 3.8) is 0 Å². The average Bonchev–Trinajstić information content (AvgIpc) is 3.40. The number of nitrogens with two attached hydrogens (primary N) is 1. The molecule has 0 bridgehead atoms. The Bertz CT molecular complexity index is 1540. The van der Waals surface area contributed by atoms with Gasteiger partial charge in [-0.05, 0) is 54.6 Å². The second-order valence-corrected chi connectivity index (χ2v) is 12.1. The lowest BCUT2D eigenvalue weighted by molar-refractivity contribution is 0.214. The maximum Gasteiger partial charge on any atom is 0.285 e. The van der Waals surface area contributed by atoms with Gasteiger partial charge in [-0.3, -0.25) is 0 Å². The van der Waals surface area contributed by atoms with Crippen LogP contribution in [-0.2, 0) is 10.0 Å². The van der Waals surface area contributed by atoms with Crippen LogP contribution in [0.15, 0.2) is 98.2 Å². The second-order valence-electron chi connectivity index (χ2n) is 9.62. The second kappa shape index (κ2) is 12.0. The van der Waals surface area contributed by atoms with Crippen LogP contribution in [-0.4, -0.2) is 80.6 Å². The Morgan fingerprint density at radius 2 is 1.50 bits per heavy atom. The molecule has 0 spiro atoms. The number of guanidine groups is 2. The van der Waals surface area contributed by atoms with E-state index in [1.54, 1.807) is 12.1 Å². The molecule has 0 radical (unpaired) electrons. The highest BCUT2D eigenvalue weighted by Crippen LogP contribution is 2.30. The fraction of sp³-hybridized carbons (Fsp3) is 0.250. The molecule has 1 unspecified atom stereocenters. The summed E-state index contributed by atoms with van der Waals surface area (Å²) < 4.78 is 31.0. The van der Waals surface area contributed by atoms with E-state index in [1.807, 2.05) is 54.4 Å². The number of halogens is 2. The summed E-state index contributed by atoms with van der Waals surface area (Å²) in [5, 5.41) is 7.39. The summed E-state index contributed by atoms with van der Waals surface area (Å²) in [7, 11) is -2.12. The number of piperazine rings is 1. The smallest absolute Gasteiger partial charge is 0.285 e. The molecule has 0 aliphatic carbocycles. The van der Waals surface area contributed by atoms with Crippen LogP contribution in [0.1, 0.15) is 17.0 Å². The largest absolute Gasteiger partial charge is 0.369 e. The molecule has 1 fully saturated rings. The van der Waals surface area contributed by atoms with Crippen LogP contribution in [0.3, 0.4) is 0 Å². The van der Waals surface area contributed by atoms with Gasteiger partial charge in [0.25, 0.3) is 16.0 Å². The van der Waals surface area contributed by atoms with Gasteiger partial charge >= 0.3 is 0 Å². The third kappa shape index (κ3) is 6.47. The van der Waals surface area contributed by atoms with E-state index in [0.717, 1.165) is 29.9 Å². The van der Waals surface area contributed by atoms with Gasteiger partial charge in [-0.25, -0.2) is 5.01 Å². The van der Waals surface area contributed by atoms with Crippen molar-refractivity contribution in [1.29, 1.82) is 0 Å². The molecule has 0 aromatic heterocycles. The molecular formula is C28H29Cl2N7O2S. The summed E-state index contributed by atoms with van der Waals surface area (Å²) in [5.74, 6) is -0.105. The zero-order chi connectivity index (χ0) is 28.3. The monoisotopic (exact) mass is 597 g/mol. The first-order valence-corrected chi connectivity index (χ1v) is 14.9. The Balaban J connectivity index is 1.59. The number of nitrogens with zero attached hydrogens (tertiary/aromatic N) is 6. The van der Waals surface area contributed by atoms with E-state index in [9.17, 15) is 8.42 Å². The molecule has 5 rings (SSSR count). The first kappa shape index (κ1) is 28.1. The number of likely N-dealkylation sites (N-methyl/N-ethyl adjacent to an activating group) is 1. The van der Waals surface area contributed by atoms with Gasteiger partial charge in [0.05, 0.1) is 17.2 Å². The van der Waals surface area contributed by atoms with E-state index in [1.165, 1.54) is 29.3 Å². The predicted molar refractivity (Wildman–Crippen MR) is 161 cm³/mol. The van der Waals surface area contributed by atoms with Crippen LogP contribution in [0, 0.1) is 0 Å². The standard InChI is InChI=1S/C28H29Cl2N7O2S/c1-35-15-17-36(18-16-35)27(31)32-28(34-40(38,39)24-13-11-23(30)12-14-24)37-19-25(20-5-3-2-4-6-20)26(33-37)21-7-9-22(29)10-8-21/h2-14,25H,15-19H2,1H3,(H2,31,32,34). The molecule has 12 heteroatoms. The number of aliphatic imine (C=N–C) groups is 1. The third-order valence-corrected chi connectivity index (χ3v) is 8.62. The Morgan fingerprint density at radius 3 is 2.12 bits per heavy atom. The Morgan fingerprint density at radius 1 is 0.900 bits per heavy atom. The van der Waals surface area contributed by atoms with Gasteiger partial charge in [0, 0.05) is 42.1 Å². The minimum Gasteiger partial charge on any atom is -0.369 e. The average molecular weight is 599 g/mol. The van der Waals surface area contributed by atoms with Gasteiger partial charge in [-0.2, -0.15) is 18.5 Å². The van der Waals surface area contributed by atoms with Crippen molar-refractivity contribution in [1.82, 2.24) is 14.8 Å². The van der Waals surface area contributed by atoms with Gasteiger partial charge in [0.15, 0.2) is 5.96 Å². The molecule has 2 aliphatic heterocycles. The number of benzene rings is 3. The molecule has 3 aromatic rings.